The Morgan fingerprint density at radius 3 is 2.63 bits per heavy atom. The molecule has 0 N–H and O–H groups in total. The van der Waals surface area contributed by atoms with Crippen LogP contribution in [0, 0.1) is 0 Å². The van der Waals surface area contributed by atoms with E-state index < -0.39 is 0 Å². The summed E-state index contributed by atoms with van der Waals surface area (Å²) in [4.78, 5) is 21.2. The molecule has 3 heterocycles. The molecule has 3 rings (SSSR count). The molecule has 2 fully saturated rings. The molecule has 27 heavy (non-hydrogen) atoms. The lowest BCUT2D eigenvalue weighted by Crippen LogP contribution is -2.42. The molecule has 0 aromatic carbocycles. The lowest BCUT2D eigenvalue weighted by atomic mass is 9.91. The maximum Gasteiger partial charge on any atom is 0.410 e. The quantitative estimate of drug-likeness (QED) is 0.804. The van der Waals surface area contributed by atoms with E-state index in [1.54, 1.807) is 7.11 Å². The highest BCUT2D eigenvalue weighted by atomic mass is 16.6. The van der Waals surface area contributed by atoms with Crippen molar-refractivity contribution in [1.29, 1.82) is 0 Å². The monoisotopic (exact) mass is 375 g/mol. The van der Waals surface area contributed by atoms with Gasteiger partial charge in [0.1, 0.15) is 5.75 Å². The van der Waals surface area contributed by atoms with Gasteiger partial charge < -0.3 is 19.3 Å². The third-order valence-corrected chi connectivity index (χ3v) is 5.74. The zero-order chi connectivity index (χ0) is 19.2. The number of aromatic nitrogens is 1. The predicted octanol–water partition coefficient (Wildman–Crippen LogP) is 3.67. The number of carbonyl (C=O) groups is 1. The number of hydrogen-bond donors (Lipinski definition) is 0. The minimum absolute atomic E-state index is 0.0563. The van der Waals surface area contributed by atoms with E-state index in [-0.39, 0.29) is 12.2 Å². The van der Waals surface area contributed by atoms with Crippen LogP contribution in [0.2, 0.25) is 0 Å². The summed E-state index contributed by atoms with van der Waals surface area (Å²) in [6, 6.07) is 4.50. The first kappa shape index (κ1) is 19.9. The zero-order valence-corrected chi connectivity index (χ0v) is 16.9. The van der Waals surface area contributed by atoms with E-state index in [1.807, 2.05) is 37.1 Å². The number of pyridine rings is 1. The summed E-state index contributed by atoms with van der Waals surface area (Å²) in [5.41, 5.74) is 1.10. The smallest absolute Gasteiger partial charge is 0.410 e. The third kappa shape index (κ3) is 5.12. The molecule has 2 aliphatic heterocycles. The first-order valence-corrected chi connectivity index (χ1v) is 10.3. The van der Waals surface area contributed by atoms with Crippen molar-refractivity contribution < 1.29 is 14.3 Å². The van der Waals surface area contributed by atoms with E-state index in [9.17, 15) is 4.79 Å². The van der Waals surface area contributed by atoms with Gasteiger partial charge in [0.05, 0.1) is 18.9 Å². The summed E-state index contributed by atoms with van der Waals surface area (Å²) in [5, 5.41) is 0. The molecule has 1 amide bonds. The van der Waals surface area contributed by atoms with E-state index in [0.29, 0.717) is 12.0 Å². The van der Waals surface area contributed by atoms with Gasteiger partial charge in [-0.05, 0) is 71.2 Å². The average molecular weight is 376 g/mol. The zero-order valence-electron chi connectivity index (χ0n) is 16.9. The van der Waals surface area contributed by atoms with Crippen molar-refractivity contribution in [3.8, 4) is 5.75 Å². The van der Waals surface area contributed by atoms with Gasteiger partial charge in [0.15, 0.2) is 0 Å². The highest BCUT2D eigenvalue weighted by Crippen LogP contribution is 2.34. The first-order valence-electron chi connectivity index (χ1n) is 10.3. The third-order valence-electron chi connectivity index (χ3n) is 5.74. The highest BCUT2D eigenvalue weighted by molar-refractivity contribution is 5.67. The number of likely N-dealkylation sites (tertiary alicyclic amines) is 2. The van der Waals surface area contributed by atoms with Gasteiger partial charge >= 0.3 is 6.09 Å². The van der Waals surface area contributed by atoms with Crippen LogP contribution in [0.1, 0.15) is 57.6 Å². The number of hydrogen-bond acceptors (Lipinski definition) is 5. The van der Waals surface area contributed by atoms with Crippen LogP contribution < -0.4 is 4.74 Å². The molecule has 0 spiro atoms. The van der Waals surface area contributed by atoms with Crippen LogP contribution in [0.3, 0.4) is 0 Å². The summed E-state index contributed by atoms with van der Waals surface area (Å²) in [5.74, 6) is 1.38. The fourth-order valence-electron chi connectivity index (χ4n) is 4.32. The second-order valence-electron chi connectivity index (χ2n) is 7.91. The number of carbonyl (C=O) groups excluding carboxylic acids is 1. The molecule has 1 aromatic rings. The second kappa shape index (κ2) is 9.40. The summed E-state index contributed by atoms with van der Waals surface area (Å²) < 4.78 is 10.9. The lowest BCUT2D eigenvalue weighted by Gasteiger charge is -2.37. The van der Waals surface area contributed by atoms with Gasteiger partial charge in [-0.25, -0.2) is 4.79 Å². The Kier molecular flexibility index (Phi) is 6.94. The number of methoxy groups -OCH3 is 1. The Balaban J connectivity index is 1.52. The van der Waals surface area contributed by atoms with Gasteiger partial charge in [-0.2, -0.15) is 0 Å². The molecule has 0 radical (unpaired) electrons. The van der Waals surface area contributed by atoms with Gasteiger partial charge in [-0.1, -0.05) is 0 Å². The maximum atomic E-state index is 12.2. The van der Waals surface area contributed by atoms with Crippen molar-refractivity contribution in [3.05, 3.63) is 24.0 Å². The van der Waals surface area contributed by atoms with Crippen LogP contribution in [0.5, 0.6) is 5.75 Å². The van der Waals surface area contributed by atoms with Crippen molar-refractivity contribution in [1.82, 2.24) is 14.8 Å². The van der Waals surface area contributed by atoms with Crippen molar-refractivity contribution >= 4 is 6.09 Å². The lowest BCUT2D eigenvalue weighted by molar-refractivity contribution is 0.0763. The molecule has 150 valence electrons. The highest BCUT2D eigenvalue weighted by Gasteiger charge is 2.30. The van der Waals surface area contributed by atoms with Crippen LogP contribution in [-0.4, -0.2) is 66.3 Å². The molecule has 1 unspecified atom stereocenters. The molecule has 0 saturated carbocycles. The van der Waals surface area contributed by atoms with Gasteiger partial charge in [-0.15, -0.1) is 0 Å². The van der Waals surface area contributed by atoms with Crippen LogP contribution in [0.15, 0.2) is 18.3 Å². The summed E-state index contributed by atoms with van der Waals surface area (Å²) >= 11 is 0. The maximum absolute atomic E-state index is 12.2. The van der Waals surface area contributed by atoms with E-state index >= 15 is 0 Å². The normalized spacial score (nSPS) is 22.5. The van der Waals surface area contributed by atoms with E-state index in [2.05, 4.69) is 9.88 Å². The SMILES string of the molecule is COc1cccnc1C1CCN(C2CCCN(C(=O)OC(C)C)CC2)CC1. The van der Waals surface area contributed by atoms with E-state index in [4.69, 9.17) is 9.47 Å². The van der Waals surface area contributed by atoms with Gasteiger partial charge in [-0.3, -0.25) is 4.98 Å². The molecular formula is C21H33N3O3. The molecule has 0 bridgehead atoms. The molecule has 6 nitrogen and oxygen atoms in total. The summed E-state index contributed by atoms with van der Waals surface area (Å²) in [7, 11) is 1.72. The number of piperidine rings is 1. The minimum atomic E-state index is -0.161. The fourth-order valence-corrected chi connectivity index (χ4v) is 4.32. The number of amides is 1. The number of ether oxygens (including phenoxy) is 2. The molecule has 1 atom stereocenters. The van der Waals surface area contributed by atoms with Crippen molar-refractivity contribution in [2.45, 2.75) is 64.0 Å². The topological polar surface area (TPSA) is 54.9 Å². The molecule has 0 aliphatic carbocycles. The van der Waals surface area contributed by atoms with Gasteiger partial charge in [0, 0.05) is 31.2 Å². The van der Waals surface area contributed by atoms with Crippen LogP contribution in [0.4, 0.5) is 4.79 Å². The van der Waals surface area contributed by atoms with Crippen LogP contribution in [0.25, 0.3) is 0 Å². The Labute approximate surface area is 162 Å². The summed E-state index contributed by atoms with van der Waals surface area (Å²) in [6.45, 7) is 7.59. The standard InChI is InChI=1S/C21H33N3O3/c1-16(2)27-21(25)24-12-5-6-18(10-15-24)23-13-8-17(9-14-23)20-19(26-3)7-4-11-22-20/h4,7,11,16-18H,5-6,8-10,12-15H2,1-3H3. The average Bonchev–Trinajstić information content (AvgIpc) is 2.94. The van der Waals surface area contributed by atoms with E-state index in [0.717, 1.165) is 69.7 Å². The second-order valence-corrected chi connectivity index (χ2v) is 7.91. The predicted molar refractivity (Wildman–Crippen MR) is 105 cm³/mol. The Hall–Kier alpha value is -1.82. The molecule has 6 heteroatoms. The van der Waals surface area contributed by atoms with Crippen molar-refractivity contribution in [3.63, 3.8) is 0 Å². The Morgan fingerprint density at radius 2 is 1.93 bits per heavy atom. The first-order chi connectivity index (χ1) is 13.1. The molecule has 1 aromatic heterocycles. The largest absolute Gasteiger partial charge is 0.495 e. The van der Waals surface area contributed by atoms with E-state index in [1.165, 1.54) is 0 Å². The molecule has 2 aliphatic rings. The molecule has 2 saturated heterocycles. The van der Waals surface area contributed by atoms with Gasteiger partial charge in [0.2, 0.25) is 0 Å². The number of nitrogens with zero attached hydrogens (tertiary/aromatic N) is 3. The van der Waals surface area contributed by atoms with Crippen molar-refractivity contribution in [2.75, 3.05) is 33.3 Å². The Bertz CT molecular complexity index is 614. The van der Waals surface area contributed by atoms with Gasteiger partial charge in [0.25, 0.3) is 0 Å². The fraction of sp³-hybridized carbons (Fsp3) is 0.714. The number of rotatable bonds is 4. The van der Waals surface area contributed by atoms with Crippen LogP contribution >= 0.6 is 0 Å². The summed E-state index contributed by atoms with van der Waals surface area (Å²) in [6.07, 6.45) is 7.11. The van der Waals surface area contributed by atoms with Crippen LogP contribution in [-0.2, 0) is 4.74 Å². The molecular weight excluding hydrogens is 342 g/mol. The Morgan fingerprint density at radius 1 is 1.15 bits per heavy atom. The minimum Gasteiger partial charge on any atom is -0.495 e. The van der Waals surface area contributed by atoms with Crippen molar-refractivity contribution in [2.24, 2.45) is 0 Å².